The van der Waals surface area contributed by atoms with Crippen molar-refractivity contribution < 1.29 is 13.9 Å². The Morgan fingerprint density at radius 3 is 2.78 bits per heavy atom. The summed E-state index contributed by atoms with van der Waals surface area (Å²) in [5.41, 5.74) is 4.44. The van der Waals surface area contributed by atoms with Gasteiger partial charge in [0.2, 0.25) is 0 Å². The van der Waals surface area contributed by atoms with Crippen molar-refractivity contribution in [2.45, 2.75) is 32.3 Å². The van der Waals surface area contributed by atoms with Crippen LogP contribution in [0.3, 0.4) is 0 Å². The van der Waals surface area contributed by atoms with Crippen molar-refractivity contribution in [1.82, 2.24) is 4.90 Å². The molecule has 2 rings (SSSR count). The number of likely N-dealkylation sites (tertiary alicyclic amines) is 1. The quantitative estimate of drug-likeness (QED) is 0.433. The molecule has 1 aliphatic heterocycles. The number of benzene rings is 1. The summed E-state index contributed by atoms with van der Waals surface area (Å²) in [6.45, 7) is 5.20. The van der Waals surface area contributed by atoms with Gasteiger partial charge in [-0.3, -0.25) is 0 Å². The monoisotopic (exact) mass is 439 g/mol. The van der Waals surface area contributed by atoms with E-state index in [1.54, 1.807) is 0 Å². The van der Waals surface area contributed by atoms with Crippen LogP contribution in [0.15, 0.2) is 23.2 Å². The van der Waals surface area contributed by atoms with Crippen molar-refractivity contribution in [2.75, 3.05) is 19.6 Å². The van der Waals surface area contributed by atoms with E-state index < -0.39 is 17.2 Å². The van der Waals surface area contributed by atoms with Crippen LogP contribution < -0.4 is 5.73 Å². The number of guanidine groups is 1. The first kappa shape index (κ1) is 20.1. The third-order valence-corrected chi connectivity index (χ3v) is 4.04. The zero-order valence-electron chi connectivity index (χ0n) is 13.4. The van der Waals surface area contributed by atoms with Crippen LogP contribution in [0.5, 0.6) is 0 Å². The van der Waals surface area contributed by atoms with Gasteiger partial charge >= 0.3 is 0 Å². The van der Waals surface area contributed by atoms with Crippen LogP contribution >= 0.6 is 24.0 Å². The minimum Gasteiger partial charge on any atom is -0.383 e. The SMILES string of the molecule is CC1CCCN(C(N)=NCC(C)(O)c2ccc(F)cc2F)C1.I. The lowest BCUT2D eigenvalue weighted by molar-refractivity contribution is 0.0629. The van der Waals surface area contributed by atoms with Crippen molar-refractivity contribution in [1.29, 1.82) is 0 Å². The summed E-state index contributed by atoms with van der Waals surface area (Å²) in [5.74, 6) is -0.556. The normalized spacial score (nSPS) is 21.5. The minimum absolute atomic E-state index is 0. The van der Waals surface area contributed by atoms with Gasteiger partial charge in [-0.1, -0.05) is 13.0 Å². The molecule has 4 nitrogen and oxygen atoms in total. The highest BCUT2D eigenvalue weighted by Gasteiger charge is 2.27. The molecule has 1 saturated heterocycles. The molecule has 130 valence electrons. The molecule has 0 spiro atoms. The molecule has 0 saturated carbocycles. The van der Waals surface area contributed by atoms with Crippen LogP contribution in [0.2, 0.25) is 0 Å². The number of nitrogens with two attached hydrogens (primary N) is 1. The van der Waals surface area contributed by atoms with Gasteiger partial charge in [0, 0.05) is 24.7 Å². The van der Waals surface area contributed by atoms with Crippen molar-refractivity contribution in [3.8, 4) is 0 Å². The Kier molecular flexibility index (Phi) is 7.19. The van der Waals surface area contributed by atoms with E-state index in [4.69, 9.17) is 5.73 Å². The maximum absolute atomic E-state index is 13.8. The average Bonchev–Trinajstić information content (AvgIpc) is 2.44. The minimum atomic E-state index is -1.54. The predicted molar refractivity (Wildman–Crippen MR) is 97.8 cm³/mol. The number of hydrogen-bond acceptors (Lipinski definition) is 2. The van der Waals surface area contributed by atoms with Crippen molar-refractivity contribution in [3.63, 3.8) is 0 Å². The number of aliphatic hydroxyl groups is 1. The highest BCUT2D eigenvalue weighted by molar-refractivity contribution is 14.0. The van der Waals surface area contributed by atoms with Gasteiger partial charge in [-0.05, 0) is 31.7 Å². The molecular formula is C16H24F2IN3O. The summed E-state index contributed by atoms with van der Waals surface area (Å²) in [6.07, 6.45) is 2.22. The van der Waals surface area contributed by atoms with Crippen molar-refractivity contribution >= 4 is 29.9 Å². The molecule has 0 aliphatic carbocycles. The van der Waals surface area contributed by atoms with Gasteiger partial charge in [0.25, 0.3) is 0 Å². The molecule has 3 N–H and O–H groups in total. The van der Waals surface area contributed by atoms with Crippen LogP contribution in [0.4, 0.5) is 8.78 Å². The largest absolute Gasteiger partial charge is 0.383 e. The molecule has 1 heterocycles. The number of hydrogen-bond donors (Lipinski definition) is 2. The van der Waals surface area contributed by atoms with Gasteiger partial charge in [-0.25, -0.2) is 13.8 Å². The molecule has 7 heteroatoms. The molecule has 0 aromatic heterocycles. The van der Waals surface area contributed by atoms with E-state index in [1.807, 2.05) is 4.90 Å². The summed E-state index contributed by atoms with van der Waals surface area (Å²) in [5, 5.41) is 10.4. The number of rotatable bonds is 3. The van der Waals surface area contributed by atoms with Gasteiger partial charge in [-0.2, -0.15) is 0 Å². The Bertz CT molecular complexity index is 566. The zero-order valence-corrected chi connectivity index (χ0v) is 15.8. The van der Waals surface area contributed by atoms with Gasteiger partial charge in [-0.15, -0.1) is 24.0 Å². The van der Waals surface area contributed by atoms with Gasteiger partial charge in [0.05, 0.1) is 6.54 Å². The summed E-state index contributed by atoms with van der Waals surface area (Å²) >= 11 is 0. The number of nitrogens with zero attached hydrogens (tertiary/aromatic N) is 2. The fraction of sp³-hybridized carbons (Fsp3) is 0.562. The molecule has 1 aromatic carbocycles. The molecule has 2 unspecified atom stereocenters. The lowest BCUT2D eigenvalue weighted by Crippen LogP contribution is -2.44. The van der Waals surface area contributed by atoms with Crippen LogP contribution in [0, 0.1) is 17.6 Å². The number of piperidine rings is 1. The maximum atomic E-state index is 13.8. The Hall–Kier alpha value is -0.960. The Balaban J connectivity index is 0.00000264. The lowest BCUT2D eigenvalue weighted by atomic mass is 9.95. The number of halogens is 3. The summed E-state index contributed by atoms with van der Waals surface area (Å²) in [4.78, 5) is 6.18. The van der Waals surface area contributed by atoms with E-state index in [1.165, 1.54) is 19.4 Å². The van der Waals surface area contributed by atoms with Gasteiger partial charge in [0.1, 0.15) is 17.2 Å². The van der Waals surface area contributed by atoms with E-state index in [2.05, 4.69) is 11.9 Å². The molecule has 1 aliphatic rings. The molecule has 0 amide bonds. The molecule has 2 atom stereocenters. The van der Waals surface area contributed by atoms with E-state index in [9.17, 15) is 13.9 Å². The average molecular weight is 439 g/mol. The molecule has 0 radical (unpaired) electrons. The third kappa shape index (κ3) is 5.27. The molecule has 0 bridgehead atoms. The topological polar surface area (TPSA) is 61.8 Å². The highest BCUT2D eigenvalue weighted by Crippen LogP contribution is 2.24. The van der Waals surface area contributed by atoms with Crippen LogP contribution in [-0.4, -0.2) is 35.6 Å². The highest BCUT2D eigenvalue weighted by atomic mass is 127. The van der Waals surface area contributed by atoms with Crippen LogP contribution in [-0.2, 0) is 5.60 Å². The molecule has 23 heavy (non-hydrogen) atoms. The molecular weight excluding hydrogens is 415 g/mol. The second-order valence-corrected chi connectivity index (χ2v) is 6.27. The second-order valence-electron chi connectivity index (χ2n) is 6.27. The fourth-order valence-corrected chi connectivity index (χ4v) is 2.74. The Morgan fingerprint density at radius 2 is 2.17 bits per heavy atom. The molecule has 1 fully saturated rings. The standard InChI is InChI=1S/C16H23F2N3O.HI/c1-11-4-3-7-21(9-11)15(19)20-10-16(2,22)13-6-5-12(17)8-14(13)18;/h5-6,8,11,22H,3-4,7,9-10H2,1-2H3,(H2,19,20);1H. The summed E-state index contributed by atoms with van der Waals surface area (Å²) in [6, 6.07) is 3.11. The van der Waals surface area contributed by atoms with E-state index in [-0.39, 0.29) is 36.1 Å². The van der Waals surface area contributed by atoms with Crippen LogP contribution in [0.25, 0.3) is 0 Å². The van der Waals surface area contributed by atoms with Crippen molar-refractivity contribution in [2.24, 2.45) is 16.6 Å². The third-order valence-electron chi connectivity index (χ3n) is 4.04. The molecule has 1 aromatic rings. The zero-order chi connectivity index (χ0) is 16.3. The first-order chi connectivity index (χ1) is 10.3. The first-order valence-electron chi connectivity index (χ1n) is 7.52. The maximum Gasteiger partial charge on any atom is 0.191 e. The van der Waals surface area contributed by atoms with E-state index in [0.717, 1.165) is 31.6 Å². The Morgan fingerprint density at radius 1 is 1.48 bits per heavy atom. The number of aliphatic imine (C=N–C) groups is 1. The van der Waals surface area contributed by atoms with Gasteiger partial charge < -0.3 is 15.7 Å². The van der Waals surface area contributed by atoms with Crippen LogP contribution in [0.1, 0.15) is 32.3 Å². The summed E-state index contributed by atoms with van der Waals surface area (Å²) in [7, 11) is 0. The smallest absolute Gasteiger partial charge is 0.191 e. The Labute approximate surface area is 152 Å². The summed E-state index contributed by atoms with van der Waals surface area (Å²) < 4.78 is 26.7. The van der Waals surface area contributed by atoms with E-state index >= 15 is 0 Å². The predicted octanol–water partition coefficient (Wildman–Crippen LogP) is 2.84. The van der Waals surface area contributed by atoms with Gasteiger partial charge in [0.15, 0.2) is 5.96 Å². The first-order valence-corrected chi connectivity index (χ1v) is 7.52. The second kappa shape index (κ2) is 8.23. The lowest BCUT2D eigenvalue weighted by Gasteiger charge is -2.32. The fourth-order valence-electron chi connectivity index (χ4n) is 2.74. The van der Waals surface area contributed by atoms with Crippen molar-refractivity contribution in [3.05, 3.63) is 35.4 Å². The van der Waals surface area contributed by atoms with E-state index in [0.29, 0.717) is 11.9 Å².